The Hall–Kier alpha value is -2.11. The number of thiophene rings is 1. The van der Waals surface area contributed by atoms with E-state index >= 15 is 0 Å². The van der Waals surface area contributed by atoms with Crippen molar-refractivity contribution < 1.29 is 4.79 Å². The number of rotatable bonds is 3. The molecule has 1 amide bonds. The molecular weight excluding hydrogens is 330 g/mol. The van der Waals surface area contributed by atoms with E-state index in [1.54, 1.807) is 24.3 Å². The zero-order valence-corrected chi connectivity index (χ0v) is 14.3. The number of anilines is 2. The second-order valence-corrected chi connectivity index (χ2v) is 6.98. The highest BCUT2D eigenvalue weighted by molar-refractivity contribution is 7.21. The number of fused-ring (bicyclic) bond motifs is 1. The van der Waals surface area contributed by atoms with Crippen LogP contribution in [0, 0.1) is 0 Å². The average molecular weight is 346 g/mol. The maximum absolute atomic E-state index is 12.5. The number of nitrogens with zero attached hydrogens (tertiary/aromatic N) is 1. The van der Waals surface area contributed by atoms with Gasteiger partial charge < -0.3 is 11.1 Å². The van der Waals surface area contributed by atoms with E-state index in [-0.39, 0.29) is 5.91 Å². The van der Waals surface area contributed by atoms with Crippen molar-refractivity contribution in [2.24, 2.45) is 0 Å². The number of aromatic nitrogens is 1. The summed E-state index contributed by atoms with van der Waals surface area (Å²) in [5, 5.41) is 4.27. The molecule has 2 heterocycles. The van der Waals surface area contributed by atoms with Gasteiger partial charge in [-0.25, -0.2) is 4.98 Å². The van der Waals surface area contributed by atoms with E-state index in [1.165, 1.54) is 11.3 Å². The van der Waals surface area contributed by atoms with Crippen molar-refractivity contribution in [3.63, 3.8) is 0 Å². The first-order chi connectivity index (χ1) is 11.0. The molecule has 0 unspecified atom stereocenters. The lowest BCUT2D eigenvalue weighted by Crippen LogP contribution is -2.11. The molecule has 6 heteroatoms. The van der Waals surface area contributed by atoms with Crippen LogP contribution in [0.3, 0.4) is 0 Å². The molecule has 0 aliphatic carbocycles. The van der Waals surface area contributed by atoms with Crippen molar-refractivity contribution in [2.75, 3.05) is 11.1 Å². The maximum atomic E-state index is 12.5. The van der Waals surface area contributed by atoms with Gasteiger partial charge in [0.25, 0.3) is 5.91 Å². The second-order valence-electron chi connectivity index (χ2n) is 5.55. The van der Waals surface area contributed by atoms with Gasteiger partial charge in [-0.3, -0.25) is 4.79 Å². The molecular formula is C17H16ClN3OS. The molecule has 0 saturated heterocycles. The minimum absolute atomic E-state index is 0.237. The maximum Gasteiger partial charge on any atom is 0.267 e. The summed E-state index contributed by atoms with van der Waals surface area (Å²) in [6, 6.07) is 10.8. The molecule has 3 aromatic rings. The number of pyridine rings is 1. The fourth-order valence-corrected chi connectivity index (χ4v) is 3.34. The number of nitrogen functional groups attached to an aromatic ring is 1. The number of carbonyl (C=O) groups excluding carboxylic acids is 1. The van der Waals surface area contributed by atoms with Crippen molar-refractivity contribution in [2.45, 2.75) is 19.8 Å². The summed E-state index contributed by atoms with van der Waals surface area (Å²) in [4.78, 5) is 18.3. The van der Waals surface area contributed by atoms with E-state index in [4.69, 9.17) is 17.3 Å². The Morgan fingerprint density at radius 1 is 1.22 bits per heavy atom. The fourth-order valence-electron chi connectivity index (χ4n) is 2.22. The van der Waals surface area contributed by atoms with E-state index < -0.39 is 0 Å². The second kappa shape index (κ2) is 6.18. The molecule has 23 heavy (non-hydrogen) atoms. The molecule has 0 fully saturated rings. The minimum atomic E-state index is -0.237. The highest BCUT2D eigenvalue weighted by Gasteiger charge is 2.18. The van der Waals surface area contributed by atoms with Gasteiger partial charge >= 0.3 is 0 Å². The number of benzene rings is 1. The van der Waals surface area contributed by atoms with Crippen LogP contribution in [-0.4, -0.2) is 10.9 Å². The molecule has 0 bridgehead atoms. The Labute approximate surface area is 143 Å². The predicted octanol–water partition coefficient (Wildman–Crippen LogP) is 4.91. The first-order valence-corrected chi connectivity index (χ1v) is 8.41. The minimum Gasteiger partial charge on any atom is -0.397 e. The molecule has 0 aliphatic heterocycles. The standard InChI is InChI=1S/C17H16ClN3OS/c1-9(2)13-8-7-12-14(19)15(23-17(12)21-13)16(22)20-11-5-3-10(18)4-6-11/h3-9H,19H2,1-2H3,(H,20,22). The lowest BCUT2D eigenvalue weighted by Gasteiger charge is -2.04. The van der Waals surface area contributed by atoms with Crippen LogP contribution in [0.1, 0.15) is 35.1 Å². The van der Waals surface area contributed by atoms with E-state index in [0.717, 1.165) is 15.9 Å². The Morgan fingerprint density at radius 2 is 1.91 bits per heavy atom. The molecule has 0 aliphatic rings. The largest absolute Gasteiger partial charge is 0.397 e. The molecule has 0 saturated carbocycles. The number of carbonyl (C=O) groups is 1. The van der Waals surface area contributed by atoms with Crippen LogP contribution in [0.4, 0.5) is 11.4 Å². The molecule has 0 spiro atoms. The van der Waals surface area contributed by atoms with Crippen molar-refractivity contribution in [1.82, 2.24) is 4.98 Å². The van der Waals surface area contributed by atoms with Gasteiger partial charge in [0, 0.05) is 21.8 Å². The summed E-state index contributed by atoms with van der Waals surface area (Å²) in [6.07, 6.45) is 0. The van der Waals surface area contributed by atoms with Gasteiger partial charge in [-0.2, -0.15) is 0 Å². The van der Waals surface area contributed by atoms with E-state index in [0.29, 0.717) is 27.2 Å². The van der Waals surface area contributed by atoms with Crippen LogP contribution in [0.2, 0.25) is 5.02 Å². The summed E-state index contributed by atoms with van der Waals surface area (Å²) in [5.41, 5.74) is 8.27. The monoisotopic (exact) mass is 345 g/mol. The van der Waals surface area contributed by atoms with Crippen LogP contribution >= 0.6 is 22.9 Å². The smallest absolute Gasteiger partial charge is 0.267 e. The van der Waals surface area contributed by atoms with E-state index in [9.17, 15) is 4.79 Å². The summed E-state index contributed by atoms with van der Waals surface area (Å²) in [7, 11) is 0. The number of hydrogen-bond acceptors (Lipinski definition) is 4. The van der Waals surface area contributed by atoms with Crippen molar-refractivity contribution in [3.05, 3.63) is 52.0 Å². The highest BCUT2D eigenvalue weighted by Crippen LogP contribution is 2.34. The molecule has 0 radical (unpaired) electrons. The molecule has 0 atom stereocenters. The topological polar surface area (TPSA) is 68.0 Å². The number of halogens is 1. The van der Waals surface area contributed by atoms with Crippen LogP contribution < -0.4 is 11.1 Å². The molecule has 118 valence electrons. The van der Waals surface area contributed by atoms with Gasteiger partial charge in [0.2, 0.25) is 0 Å². The Morgan fingerprint density at radius 3 is 2.57 bits per heavy atom. The molecule has 1 aromatic carbocycles. The number of nitrogens with two attached hydrogens (primary N) is 1. The fraction of sp³-hybridized carbons (Fsp3) is 0.176. The average Bonchev–Trinajstić information content (AvgIpc) is 2.86. The van der Waals surface area contributed by atoms with Crippen LogP contribution in [-0.2, 0) is 0 Å². The summed E-state index contributed by atoms with van der Waals surface area (Å²) in [6.45, 7) is 4.17. The zero-order valence-electron chi connectivity index (χ0n) is 12.8. The summed E-state index contributed by atoms with van der Waals surface area (Å²) in [5.74, 6) is 0.0907. The first-order valence-electron chi connectivity index (χ1n) is 7.21. The van der Waals surface area contributed by atoms with Crippen LogP contribution in [0.15, 0.2) is 36.4 Å². The Bertz CT molecular complexity index is 871. The van der Waals surface area contributed by atoms with Gasteiger partial charge in [-0.1, -0.05) is 25.4 Å². The zero-order chi connectivity index (χ0) is 16.6. The third-order valence-electron chi connectivity index (χ3n) is 3.52. The molecule has 2 aromatic heterocycles. The van der Waals surface area contributed by atoms with Crippen LogP contribution in [0.5, 0.6) is 0 Å². The third-order valence-corrected chi connectivity index (χ3v) is 4.88. The number of nitrogens with one attached hydrogen (secondary N) is 1. The predicted molar refractivity (Wildman–Crippen MR) is 97.5 cm³/mol. The van der Waals surface area contributed by atoms with Gasteiger partial charge in [0.15, 0.2) is 0 Å². The molecule has 4 nitrogen and oxygen atoms in total. The van der Waals surface area contributed by atoms with E-state index in [2.05, 4.69) is 24.1 Å². The van der Waals surface area contributed by atoms with Gasteiger partial charge in [-0.15, -0.1) is 11.3 Å². The van der Waals surface area contributed by atoms with Crippen LogP contribution in [0.25, 0.3) is 10.2 Å². The molecule has 3 N–H and O–H groups in total. The number of amides is 1. The number of hydrogen-bond donors (Lipinski definition) is 2. The van der Waals surface area contributed by atoms with E-state index in [1.807, 2.05) is 12.1 Å². The van der Waals surface area contributed by atoms with Gasteiger partial charge in [0.1, 0.15) is 9.71 Å². The lowest BCUT2D eigenvalue weighted by atomic mass is 10.1. The van der Waals surface area contributed by atoms with Gasteiger partial charge in [-0.05, 0) is 42.3 Å². The summed E-state index contributed by atoms with van der Waals surface area (Å²) >= 11 is 7.16. The highest BCUT2D eigenvalue weighted by atomic mass is 35.5. The third kappa shape index (κ3) is 3.16. The Balaban J connectivity index is 1.93. The van der Waals surface area contributed by atoms with Crippen molar-refractivity contribution in [3.8, 4) is 0 Å². The van der Waals surface area contributed by atoms with Crippen molar-refractivity contribution >= 4 is 50.4 Å². The van der Waals surface area contributed by atoms with Gasteiger partial charge in [0.05, 0.1) is 5.69 Å². The lowest BCUT2D eigenvalue weighted by molar-refractivity contribution is 0.103. The molecule has 3 rings (SSSR count). The Kier molecular flexibility index (Phi) is 4.24. The summed E-state index contributed by atoms with van der Waals surface area (Å²) < 4.78 is 0. The van der Waals surface area contributed by atoms with Crippen molar-refractivity contribution in [1.29, 1.82) is 0 Å². The SMILES string of the molecule is CC(C)c1ccc2c(N)c(C(=O)Nc3ccc(Cl)cc3)sc2n1. The normalized spacial score (nSPS) is 11.1. The quantitative estimate of drug-likeness (QED) is 0.708. The first kappa shape index (κ1) is 15.8.